The average molecular weight is 308 g/mol. The molecule has 0 atom stereocenters. The lowest BCUT2D eigenvalue weighted by Crippen LogP contribution is -2.41. The number of carbonyl (C=O) groups is 2. The van der Waals surface area contributed by atoms with E-state index in [0.29, 0.717) is 16.9 Å². The third-order valence-corrected chi connectivity index (χ3v) is 3.46. The van der Waals surface area contributed by atoms with Crippen LogP contribution in [-0.2, 0) is 0 Å². The van der Waals surface area contributed by atoms with E-state index in [4.69, 9.17) is 5.73 Å². The summed E-state index contributed by atoms with van der Waals surface area (Å²) in [5.41, 5.74) is 13.6. The number of nitrogens with two attached hydrogens (primary N) is 1. The number of nitrogen functional groups attached to an aromatic ring is 1. The molecule has 0 unspecified atom stereocenters. The van der Waals surface area contributed by atoms with E-state index in [-0.39, 0.29) is 0 Å². The Morgan fingerprint density at radius 1 is 1.00 bits per heavy atom. The highest BCUT2D eigenvalue weighted by Crippen LogP contribution is 2.16. The minimum absolute atomic E-state index is 0.373. The van der Waals surface area contributed by atoms with E-state index in [1.54, 1.807) is 24.3 Å². The second-order valence-electron chi connectivity index (χ2n) is 5.31. The molecule has 23 heavy (non-hydrogen) atoms. The summed E-state index contributed by atoms with van der Waals surface area (Å²) in [6, 6.07) is 14.1. The minimum atomic E-state index is -0.433. The van der Waals surface area contributed by atoms with Crippen molar-refractivity contribution in [3.05, 3.63) is 65.4 Å². The molecule has 0 bridgehead atoms. The quantitative estimate of drug-likeness (QED) is 0.431. The predicted octanol–water partition coefficient (Wildman–Crippen LogP) is 2.13. The van der Waals surface area contributed by atoms with Gasteiger partial charge in [0.05, 0.1) is 0 Å². The zero-order valence-corrected chi connectivity index (χ0v) is 12.5. The van der Waals surface area contributed by atoms with Gasteiger partial charge in [-0.25, -0.2) is 0 Å². The first-order chi connectivity index (χ1) is 11.0. The Labute approximate surface area is 132 Å². The third-order valence-electron chi connectivity index (χ3n) is 3.46. The van der Waals surface area contributed by atoms with Crippen LogP contribution in [0.1, 0.15) is 26.4 Å². The van der Waals surface area contributed by atoms with Crippen molar-refractivity contribution < 1.29 is 9.59 Å². The number of hydrogen-bond donors (Lipinski definition) is 4. The number of fused-ring (bicyclic) bond motifs is 1. The van der Waals surface area contributed by atoms with Crippen molar-refractivity contribution in [1.29, 1.82) is 0 Å². The van der Waals surface area contributed by atoms with Gasteiger partial charge in [-0.15, -0.1) is 0 Å². The highest BCUT2D eigenvalue weighted by Gasteiger charge is 2.11. The van der Waals surface area contributed by atoms with Crippen LogP contribution in [0.15, 0.2) is 48.5 Å². The van der Waals surface area contributed by atoms with Crippen molar-refractivity contribution in [3.8, 4) is 0 Å². The van der Waals surface area contributed by atoms with Gasteiger partial charge in [-0.3, -0.25) is 20.4 Å². The Morgan fingerprint density at radius 3 is 2.57 bits per heavy atom. The molecular formula is C17H16N4O2. The van der Waals surface area contributed by atoms with E-state index < -0.39 is 11.8 Å². The van der Waals surface area contributed by atoms with Crippen LogP contribution in [-0.4, -0.2) is 16.8 Å². The molecule has 6 nitrogen and oxygen atoms in total. The van der Waals surface area contributed by atoms with Crippen LogP contribution in [0.25, 0.3) is 10.9 Å². The molecule has 6 heteroatoms. The van der Waals surface area contributed by atoms with Gasteiger partial charge in [0.2, 0.25) is 0 Å². The zero-order valence-electron chi connectivity index (χ0n) is 12.5. The summed E-state index contributed by atoms with van der Waals surface area (Å²) in [4.78, 5) is 27.1. The largest absolute Gasteiger partial charge is 0.399 e. The van der Waals surface area contributed by atoms with E-state index in [1.165, 1.54) is 6.07 Å². The summed E-state index contributed by atoms with van der Waals surface area (Å²) in [6.45, 7) is 1.98. The molecule has 116 valence electrons. The molecule has 3 rings (SSSR count). The molecule has 3 aromatic rings. The number of aromatic nitrogens is 1. The van der Waals surface area contributed by atoms with Gasteiger partial charge in [0.25, 0.3) is 11.8 Å². The number of carbonyl (C=O) groups excluding carboxylic acids is 2. The van der Waals surface area contributed by atoms with Crippen LogP contribution >= 0.6 is 0 Å². The second kappa shape index (κ2) is 5.84. The van der Waals surface area contributed by atoms with Gasteiger partial charge in [0.1, 0.15) is 5.69 Å². The molecule has 1 aromatic heterocycles. The monoisotopic (exact) mass is 308 g/mol. The third kappa shape index (κ3) is 3.16. The van der Waals surface area contributed by atoms with Gasteiger partial charge in [-0.05, 0) is 43.3 Å². The Kier molecular flexibility index (Phi) is 3.72. The number of benzene rings is 2. The Morgan fingerprint density at radius 2 is 1.78 bits per heavy atom. The van der Waals surface area contributed by atoms with Gasteiger partial charge >= 0.3 is 0 Å². The molecule has 0 spiro atoms. The van der Waals surface area contributed by atoms with Crippen LogP contribution < -0.4 is 16.6 Å². The number of nitrogens with one attached hydrogen (secondary N) is 3. The van der Waals surface area contributed by atoms with Crippen LogP contribution in [0, 0.1) is 6.92 Å². The summed E-state index contributed by atoms with van der Waals surface area (Å²) in [6.07, 6.45) is 0. The summed E-state index contributed by atoms with van der Waals surface area (Å²) in [7, 11) is 0. The zero-order chi connectivity index (χ0) is 16.4. The van der Waals surface area contributed by atoms with Crippen LogP contribution in [0.3, 0.4) is 0 Å². The normalized spacial score (nSPS) is 10.5. The highest BCUT2D eigenvalue weighted by atomic mass is 16.2. The summed E-state index contributed by atoms with van der Waals surface area (Å²) in [5.74, 6) is -0.853. The predicted molar refractivity (Wildman–Crippen MR) is 88.8 cm³/mol. The first kappa shape index (κ1) is 14.6. The average Bonchev–Trinajstić information content (AvgIpc) is 2.95. The van der Waals surface area contributed by atoms with Gasteiger partial charge in [0.15, 0.2) is 0 Å². The number of hydrazine groups is 1. The fourth-order valence-corrected chi connectivity index (χ4v) is 2.31. The molecule has 0 radical (unpaired) electrons. The van der Waals surface area contributed by atoms with Gasteiger partial charge in [-0.2, -0.15) is 0 Å². The van der Waals surface area contributed by atoms with Crippen molar-refractivity contribution in [3.63, 3.8) is 0 Å². The van der Waals surface area contributed by atoms with Crippen LogP contribution in [0.4, 0.5) is 5.69 Å². The summed E-state index contributed by atoms with van der Waals surface area (Å²) in [5, 5.41) is 0.942. The number of H-pyrrole nitrogens is 1. The fourth-order valence-electron chi connectivity index (χ4n) is 2.31. The number of amides is 2. The molecule has 0 aliphatic heterocycles. The Balaban J connectivity index is 1.69. The number of aryl methyl sites for hydroxylation is 1. The number of aromatic amines is 1. The molecule has 1 heterocycles. The highest BCUT2D eigenvalue weighted by molar-refractivity contribution is 6.01. The molecule has 0 aliphatic carbocycles. The number of anilines is 1. The molecule has 0 saturated heterocycles. The van der Waals surface area contributed by atoms with Crippen molar-refractivity contribution in [2.75, 3.05) is 5.73 Å². The summed E-state index contributed by atoms with van der Waals surface area (Å²) < 4.78 is 0. The van der Waals surface area contributed by atoms with Crippen molar-refractivity contribution in [2.24, 2.45) is 0 Å². The van der Waals surface area contributed by atoms with Gasteiger partial charge in [-0.1, -0.05) is 17.7 Å². The lowest BCUT2D eigenvalue weighted by Gasteiger charge is -2.06. The first-order valence-electron chi connectivity index (χ1n) is 7.08. The topological polar surface area (TPSA) is 100 Å². The van der Waals surface area contributed by atoms with Crippen molar-refractivity contribution >= 4 is 28.4 Å². The van der Waals surface area contributed by atoms with Crippen molar-refractivity contribution in [1.82, 2.24) is 15.8 Å². The second-order valence-corrected chi connectivity index (χ2v) is 5.31. The fraction of sp³-hybridized carbons (Fsp3) is 0.0588. The lowest BCUT2D eigenvalue weighted by molar-refractivity contribution is 0.0844. The molecule has 0 fully saturated rings. The number of rotatable bonds is 2. The molecule has 0 saturated carbocycles. The van der Waals surface area contributed by atoms with Crippen molar-refractivity contribution in [2.45, 2.75) is 6.92 Å². The Hall–Kier alpha value is -3.28. The maximum absolute atomic E-state index is 12.1. The van der Waals surface area contributed by atoms with E-state index in [0.717, 1.165) is 16.5 Å². The van der Waals surface area contributed by atoms with E-state index in [2.05, 4.69) is 15.8 Å². The maximum atomic E-state index is 12.1. The standard InChI is InChI=1S/C17H16N4O2/c1-10-5-6-14-12(7-10)9-15(19-14)17(23)21-20-16(22)11-3-2-4-13(18)8-11/h2-9,19H,18H2,1H3,(H,20,22)(H,21,23). The van der Waals surface area contributed by atoms with Gasteiger partial charge in [0, 0.05) is 22.2 Å². The molecule has 0 aliphatic rings. The molecule has 2 aromatic carbocycles. The SMILES string of the molecule is Cc1ccc2[nH]c(C(=O)NNC(=O)c3cccc(N)c3)cc2c1. The molecule has 5 N–H and O–H groups in total. The van der Waals surface area contributed by atoms with Gasteiger partial charge < -0.3 is 10.7 Å². The van der Waals surface area contributed by atoms with Crippen LogP contribution in [0.2, 0.25) is 0 Å². The minimum Gasteiger partial charge on any atom is -0.399 e. The van der Waals surface area contributed by atoms with E-state index in [9.17, 15) is 9.59 Å². The molecular weight excluding hydrogens is 292 g/mol. The molecule has 2 amide bonds. The summed E-state index contributed by atoms with van der Waals surface area (Å²) >= 11 is 0. The van der Waals surface area contributed by atoms with Crippen LogP contribution in [0.5, 0.6) is 0 Å². The lowest BCUT2D eigenvalue weighted by atomic mass is 10.2. The Bertz CT molecular complexity index is 898. The maximum Gasteiger partial charge on any atom is 0.286 e. The first-order valence-corrected chi connectivity index (χ1v) is 7.08. The number of hydrogen-bond acceptors (Lipinski definition) is 3. The van der Waals surface area contributed by atoms with E-state index >= 15 is 0 Å². The van der Waals surface area contributed by atoms with E-state index in [1.807, 2.05) is 25.1 Å². The smallest absolute Gasteiger partial charge is 0.286 e.